The molecule has 1 aromatic carbocycles. The first-order valence-corrected chi connectivity index (χ1v) is 6.84. The van der Waals surface area contributed by atoms with Gasteiger partial charge in [0.1, 0.15) is 0 Å². The molecule has 2 nitrogen and oxygen atoms in total. The highest BCUT2D eigenvalue weighted by Gasteiger charge is 2.45. The van der Waals surface area contributed by atoms with Crippen LogP contribution in [0.5, 0.6) is 0 Å². The number of benzene rings is 1. The van der Waals surface area contributed by atoms with Gasteiger partial charge in [-0.05, 0) is 43.8 Å². The third kappa shape index (κ3) is 1.70. The van der Waals surface area contributed by atoms with E-state index < -0.39 is 0 Å². The number of anilines is 1. The van der Waals surface area contributed by atoms with Gasteiger partial charge in [-0.1, -0.05) is 23.2 Å². The Labute approximate surface area is 109 Å². The molecule has 1 saturated carbocycles. The second-order valence-electron chi connectivity index (χ2n) is 4.56. The van der Waals surface area contributed by atoms with Gasteiger partial charge in [0, 0.05) is 10.4 Å². The molecule has 2 aliphatic rings. The third-order valence-corrected chi connectivity index (χ3v) is 4.87. The van der Waals surface area contributed by atoms with Crippen LogP contribution in [-0.2, 0) is 0 Å². The van der Waals surface area contributed by atoms with Gasteiger partial charge in [0.05, 0.1) is 22.4 Å². The first-order valence-electron chi connectivity index (χ1n) is 5.27. The van der Waals surface area contributed by atoms with Crippen LogP contribution >= 0.6 is 35.1 Å². The fourth-order valence-electron chi connectivity index (χ4n) is 2.00. The zero-order valence-corrected chi connectivity index (χ0v) is 11.2. The second kappa shape index (κ2) is 3.70. The molecule has 1 aliphatic carbocycles. The molecular formula is C11H12Cl2N2S. The smallest absolute Gasteiger partial charge is 0.0783 e. The van der Waals surface area contributed by atoms with E-state index in [1.165, 1.54) is 18.5 Å². The first kappa shape index (κ1) is 11.0. The van der Waals surface area contributed by atoms with E-state index in [1.807, 2.05) is 12.1 Å². The van der Waals surface area contributed by atoms with Gasteiger partial charge in [0.2, 0.25) is 0 Å². The monoisotopic (exact) mass is 274 g/mol. The topological polar surface area (TPSA) is 15.3 Å². The van der Waals surface area contributed by atoms with Crippen LogP contribution in [0.25, 0.3) is 0 Å². The van der Waals surface area contributed by atoms with E-state index in [0.717, 1.165) is 11.6 Å². The Morgan fingerprint density at radius 2 is 2.00 bits per heavy atom. The lowest BCUT2D eigenvalue weighted by molar-refractivity contribution is 0.615. The van der Waals surface area contributed by atoms with Gasteiger partial charge in [-0.25, -0.2) is 4.72 Å². The number of hydrogen-bond acceptors (Lipinski definition) is 3. The minimum atomic E-state index is 0.305. The summed E-state index contributed by atoms with van der Waals surface area (Å²) in [4.78, 5) is 3.55. The average Bonchev–Trinajstić information content (AvgIpc) is 2.99. The summed E-state index contributed by atoms with van der Waals surface area (Å²) < 4.78 is 3.33. The van der Waals surface area contributed by atoms with Crippen molar-refractivity contribution >= 4 is 40.8 Å². The summed E-state index contributed by atoms with van der Waals surface area (Å²) in [5.74, 6) is 0. The molecule has 1 aromatic rings. The largest absolute Gasteiger partial charge is 0.352 e. The van der Waals surface area contributed by atoms with E-state index in [9.17, 15) is 0 Å². The van der Waals surface area contributed by atoms with Gasteiger partial charge in [0.15, 0.2) is 0 Å². The van der Waals surface area contributed by atoms with Crippen molar-refractivity contribution < 1.29 is 0 Å². The highest BCUT2D eigenvalue weighted by Crippen LogP contribution is 2.48. The van der Waals surface area contributed by atoms with Crippen molar-refractivity contribution in [3.05, 3.63) is 22.2 Å². The summed E-state index contributed by atoms with van der Waals surface area (Å²) in [7, 11) is 0. The standard InChI is InChI=1S/C11H12Cl2N2S/c1-11(2-3-11)15-6-14-16-10-5-8(13)7(12)4-9(10)15/h4-5,14H,2-3,6H2,1H3. The molecule has 0 unspecified atom stereocenters. The van der Waals surface area contributed by atoms with Crippen molar-refractivity contribution in [2.24, 2.45) is 0 Å². The maximum Gasteiger partial charge on any atom is 0.0783 e. The number of hydrogen-bond donors (Lipinski definition) is 1. The first-order chi connectivity index (χ1) is 7.60. The predicted octanol–water partition coefficient (Wildman–Crippen LogP) is 3.92. The number of fused-ring (bicyclic) bond motifs is 1. The SMILES string of the molecule is CC1(N2CNSc3cc(Cl)c(Cl)cc32)CC1. The fraction of sp³-hybridized carbons (Fsp3) is 0.455. The lowest BCUT2D eigenvalue weighted by atomic mass is 10.2. The molecule has 86 valence electrons. The van der Waals surface area contributed by atoms with Crippen LogP contribution in [0.1, 0.15) is 19.8 Å². The van der Waals surface area contributed by atoms with Crippen LogP contribution in [0, 0.1) is 0 Å². The molecule has 0 amide bonds. The summed E-state index contributed by atoms with van der Waals surface area (Å²) in [5, 5.41) is 1.26. The van der Waals surface area contributed by atoms with Crippen LogP contribution in [0.2, 0.25) is 10.0 Å². The average molecular weight is 275 g/mol. The summed E-state index contributed by atoms with van der Waals surface area (Å²) in [6, 6.07) is 3.92. The van der Waals surface area contributed by atoms with Crippen LogP contribution in [-0.4, -0.2) is 12.2 Å². The van der Waals surface area contributed by atoms with E-state index in [2.05, 4.69) is 16.5 Å². The van der Waals surface area contributed by atoms with Gasteiger partial charge in [-0.15, -0.1) is 0 Å². The van der Waals surface area contributed by atoms with Gasteiger partial charge >= 0.3 is 0 Å². The number of rotatable bonds is 1. The predicted molar refractivity (Wildman–Crippen MR) is 70.4 cm³/mol. The molecule has 0 bridgehead atoms. The van der Waals surface area contributed by atoms with Crippen LogP contribution < -0.4 is 9.62 Å². The Kier molecular flexibility index (Phi) is 2.55. The minimum absolute atomic E-state index is 0.305. The van der Waals surface area contributed by atoms with Gasteiger partial charge in [-0.3, -0.25) is 0 Å². The molecule has 1 heterocycles. The van der Waals surface area contributed by atoms with Crippen molar-refractivity contribution in [3.63, 3.8) is 0 Å². The molecule has 16 heavy (non-hydrogen) atoms. The van der Waals surface area contributed by atoms with Gasteiger partial charge < -0.3 is 4.90 Å². The Morgan fingerprint density at radius 1 is 1.31 bits per heavy atom. The highest BCUT2D eigenvalue weighted by molar-refractivity contribution is 7.97. The van der Waals surface area contributed by atoms with Crippen molar-refractivity contribution in [2.45, 2.75) is 30.2 Å². The van der Waals surface area contributed by atoms with E-state index in [4.69, 9.17) is 23.2 Å². The van der Waals surface area contributed by atoms with Crippen LogP contribution in [0.3, 0.4) is 0 Å². The molecular weight excluding hydrogens is 263 g/mol. The number of halogens is 2. The van der Waals surface area contributed by atoms with Crippen molar-refractivity contribution in [1.29, 1.82) is 0 Å². The Balaban J connectivity index is 2.07. The molecule has 0 atom stereocenters. The summed E-state index contributed by atoms with van der Waals surface area (Å²) in [6.07, 6.45) is 2.50. The molecule has 0 aromatic heterocycles. The molecule has 1 aliphatic heterocycles. The van der Waals surface area contributed by atoms with E-state index in [-0.39, 0.29) is 0 Å². The zero-order chi connectivity index (χ0) is 11.3. The molecule has 0 saturated heterocycles. The Bertz CT molecular complexity index is 446. The van der Waals surface area contributed by atoms with Crippen LogP contribution in [0.4, 0.5) is 5.69 Å². The highest BCUT2D eigenvalue weighted by atomic mass is 35.5. The van der Waals surface area contributed by atoms with E-state index in [0.29, 0.717) is 15.6 Å². The Morgan fingerprint density at radius 3 is 2.69 bits per heavy atom. The minimum Gasteiger partial charge on any atom is -0.352 e. The number of nitrogens with one attached hydrogen (secondary N) is 1. The molecule has 5 heteroatoms. The van der Waals surface area contributed by atoms with Gasteiger partial charge in [0.25, 0.3) is 0 Å². The maximum atomic E-state index is 6.09. The molecule has 0 radical (unpaired) electrons. The van der Waals surface area contributed by atoms with Crippen molar-refractivity contribution in [1.82, 2.24) is 4.72 Å². The quantitative estimate of drug-likeness (QED) is 0.782. The number of nitrogens with zero attached hydrogens (tertiary/aromatic N) is 1. The van der Waals surface area contributed by atoms with Crippen LogP contribution in [0.15, 0.2) is 17.0 Å². The lowest BCUT2D eigenvalue weighted by Gasteiger charge is -2.36. The molecule has 1 fully saturated rings. The molecule has 0 spiro atoms. The van der Waals surface area contributed by atoms with Crippen molar-refractivity contribution in [3.8, 4) is 0 Å². The summed E-state index contributed by atoms with van der Waals surface area (Å²) >= 11 is 13.7. The fourth-order valence-corrected chi connectivity index (χ4v) is 3.19. The second-order valence-corrected chi connectivity index (χ2v) is 6.31. The Hall–Kier alpha value is -0.0900. The third-order valence-electron chi connectivity index (χ3n) is 3.32. The maximum absolute atomic E-state index is 6.09. The van der Waals surface area contributed by atoms with Crippen molar-refractivity contribution in [2.75, 3.05) is 11.6 Å². The molecule has 3 rings (SSSR count). The molecule has 1 N–H and O–H groups in total. The van der Waals surface area contributed by atoms with Gasteiger partial charge in [-0.2, -0.15) is 0 Å². The summed E-state index contributed by atoms with van der Waals surface area (Å²) in [6.45, 7) is 3.16. The lowest BCUT2D eigenvalue weighted by Crippen LogP contribution is -2.42. The summed E-state index contributed by atoms with van der Waals surface area (Å²) in [5.41, 5.74) is 1.51. The normalized spacial score (nSPS) is 21.8. The van der Waals surface area contributed by atoms with E-state index in [1.54, 1.807) is 11.9 Å². The zero-order valence-electron chi connectivity index (χ0n) is 8.89. The van der Waals surface area contributed by atoms with E-state index >= 15 is 0 Å².